The van der Waals surface area contributed by atoms with Crippen molar-refractivity contribution in [2.45, 2.75) is 25.4 Å². The molecule has 2 nitrogen and oxygen atoms in total. The third kappa shape index (κ3) is 2.64. The van der Waals surface area contributed by atoms with Gasteiger partial charge in [0.2, 0.25) is 0 Å². The normalized spacial score (nSPS) is 15.6. The van der Waals surface area contributed by atoms with Gasteiger partial charge in [-0.15, -0.1) is 0 Å². The van der Waals surface area contributed by atoms with E-state index in [0.717, 1.165) is 6.42 Å². The first-order valence-electron chi connectivity index (χ1n) is 4.25. The highest BCUT2D eigenvalue weighted by Gasteiger charge is 2.07. The van der Waals surface area contributed by atoms with Crippen LogP contribution in [0.2, 0.25) is 0 Å². The summed E-state index contributed by atoms with van der Waals surface area (Å²) in [5, 5.41) is 0. The third-order valence-corrected chi connectivity index (χ3v) is 1.99. The molecule has 0 radical (unpaired) electrons. The molecule has 0 aromatic heterocycles. The molecule has 0 fully saturated rings. The van der Waals surface area contributed by atoms with Gasteiger partial charge in [0.15, 0.2) is 0 Å². The molecule has 12 heavy (non-hydrogen) atoms. The first kappa shape index (κ1) is 9.23. The minimum absolute atomic E-state index is 0.0604. The van der Waals surface area contributed by atoms with E-state index in [1.807, 2.05) is 25.1 Å². The van der Waals surface area contributed by atoms with Crippen LogP contribution < -0.4 is 11.5 Å². The number of hydrogen-bond acceptors (Lipinski definition) is 2. The monoisotopic (exact) mass is 164 g/mol. The maximum atomic E-state index is 5.82. The molecule has 1 aromatic carbocycles. The number of nitrogens with two attached hydrogens (primary N) is 2. The molecule has 0 saturated heterocycles. The molecule has 0 aliphatic rings. The Morgan fingerprint density at radius 2 is 1.75 bits per heavy atom. The largest absolute Gasteiger partial charge is 0.327 e. The second-order valence-corrected chi connectivity index (χ2v) is 3.21. The highest BCUT2D eigenvalue weighted by molar-refractivity contribution is 5.16. The number of benzene rings is 1. The Balaban J connectivity index is 2.53. The van der Waals surface area contributed by atoms with E-state index < -0.39 is 0 Å². The molecule has 0 bridgehead atoms. The molecule has 0 heterocycles. The summed E-state index contributed by atoms with van der Waals surface area (Å²) in [6.45, 7) is 1.94. The van der Waals surface area contributed by atoms with Gasteiger partial charge in [0.1, 0.15) is 0 Å². The topological polar surface area (TPSA) is 52.0 Å². The maximum absolute atomic E-state index is 5.82. The zero-order valence-electron chi connectivity index (χ0n) is 7.40. The van der Waals surface area contributed by atoms with Crippen molar-refractivity contribution in [2.75, 3.05) is 0 Å². The van der Waals surface area contributed by atoms with E-state index in [-0.39, 0.29) is 12.1 Å². The van der Waals surface area contributed by atoms with Gasteiger partial charge in [-0.2, -0.15) is 0 Å². The zero-order chi connectivity index (χ0) is 8.97. The fraction of sp³-hybridized carbons (Fsp3) is 0.400. The number of hydrogen-bond donors (Lipinski definition) is 2. The standard InChI is InChI=1S/C10H16N2/c1-8(11)10(12)7-9-5-3-2-4-6-9/h2-6,8,10H,7,11-12H2,1H3. The summed E-state index contributed by atoms with van der Waals surface area (Å²) in [6, 6.07) is 10.3. The van der Waals surface area contributed by atoms with E-state index in [1.165, 1.54) is 5.56 Å². The van der Waals surface area contributed by atoms with Crippen LogP contribution in [0.3, 0.4) is 0 Å². The van der Waals surface area contributed by atoms with Gasteiger partial charge in [0, 0.05) is 12.1 Å². The van der Waals surface area contributed by atoms with Gasteiger partial charge in [0.25, 0.3) is 0 Å². The Hall–Kier alpha value is -0.860. The predicted octanol–water partition coefficient (Wildman–Crippen LogP) is 0.904. The van der Waals surface area contributed by atoms with E-state index in [9.17, 15) is 0 Å². The lowest BCUT2D eigenvalue weighted by Crippen LogP contribution is -2.40. The van der Waals surface area contributed by atoms with Crippen LogP contribution in [0.5, 0.6) is 0 Å². The predicted molar refractivity (Wildman–Crippen MR) is 51.8 cm³/mol. The van der Waals surface area contributed by atoms with Gasteiger partial charge >= 0.3 is 0 Å². The highest BCUT2D eigenvalue weighted by atomic mass is 14.8. The van der Waals surface area contributed by atoms with Crippen LogP contribution in [-0.2, 0) is 6.42 Å². The van der Waals surface area contributed by atoms with Crippen LogP contribution in [0.4, 0.5) is 0 Å². The Morgan fingerprint density at radius 1 is 1.17 bits per heavy atom. The Bertz CT molecular complexity index is 219. The van der Waals surface area contributed by atoms with Crippen molar-refractivity contribution in [2.24, 2.45) is 11.5 Å². The van der Waals surface area contributed by atoms with Gasteiger partial charge < -0.3 is 11.5 Å². The van der Waals surface area contributed by atoms with Crippen molar-refractivity contribution in [1.29, 1.82) is 0 Å². The average molecular weight is 164 g/mol. The lowest BCUT2D eigenvalue weighted by molar-refractivity contribution is 0.557. The molecule has 0 aliphatic heterocycles. The van der Waals surface area contributed by atoms with Gasteiger partial charge in [-0.25, -0.2) is 0 Å². The summed E-state index contributed by atoms with van der Waals surface area (Å²) in [5.41, 5.74) is 12.7. The molecule has 0 spiro atoms. The Kier molecular flexibility index (Phi) is 3.26. The molecular weight excluding hydrogens is 148 g/mol. The molecule has 1 rings (SSSR count). The highest BCUT2D eigenvalue weighted by Crippen LogP contribution is 2.02. The van der Waals surface area contributed by atoms with E-state index >= 15 is 0 Å². The Labute approximate surface area is 73.6 Å². The fourth-order valence-corrected chi connectivity index (χ4v) is 1.07. The molecule has 0 aliphatic carbocycles. The summed E-state index contributed by atoms with van der Waals surface area (Å²) in [7, 11) is 0. The summed E-state index contributed by atoms with van der Waals surface area (Å²) >= 11 is 0. The summed E-state index contributed by atoms with van der Waals surface area (Å²) in [5.74, 6) is 0. The SMILES string of the molecule is CC(N)C(N)Cc1ccccc1. The quantitative estimate of drug-likeness (QED) is 0.697. The van der Waals surface area contributed by atoms with Crippen LogP contribution in [0.25, 0.3) is 0 Å². The smallest absolute Gasteiger partial charge is 0.0230 e. The lowest BCUT2D eigenvalue weighted by Gasteiger charge is -2.14. The minimum Gasteiger partial charge on any atom is -0.327 e. The van der Waals surface area contributed by atoms with Crippen LogP contribution in [0, 0.1) is 0 Å². The van der Waals surface area contributed by atoms with Crippen molar-refractivity contribution >= 4 is 0 Å². The fourth-order valence-electron chi connectivity index (χ4n) is 1.07. The van der Waals surface area contributed by atoms with Crippen molar-refractivity contribution < 1.29 is 0 Å². The summed E-state index contributed by atoms with van der Waals surface area (Å²) in [4.78, 5) is 0. The van der Waals surface area contributed by atoms with Crippen LogP contribution in [0.15, 0.2) is 30.3 Å². The lowest BCUT2D eigenvalue weighted by atomic mass is 10.0. The zero-order valence-corrected chi connectivity index (χ0v) is 7.40. The van der Waals surface area contributed by atoms with Crippen LogP contribution in [0.1, 0.15) is 12.5 Å². The summed E-state index contributed by atoms with van der Waals surface area (Å²) in [6.07, 6.45) is 0.860. The van der Waals surface area contributed by atoms with E-state index in [2.05, 4.69) is 12.1 Å². The van der Waals surface area contributed by atoms with Gasteiger partial charge in [-0.3, -0.25) is 0 Å². The molecule has 2 atom stereocenters. The molecule has 0 saturated carbocycles. The first-order chi connectivity index (χ1) is 5.70. The third-order valence-electron chi connectivity index (χ3n) is 1.99. The second kappa shape index (κ2) is 4.24. The van der Waals surface area contributed by atoms with Crippen molar-refractivity contribution in [3.63, 3.8) is 0 Å². The van der Waals surface area contributed by atoms with Gasteiger partial charge in [-0.05, 0) is 18.9 Å². The maximum Gasteiger partial charge on any atom is 0.0230 e. The molecule has 4 N–H and O–H groups in total. The number of rotatable bonds is 3. The average Bonchev–Trinajstić information content (AvgIpc) is 2.06. The first-order valence-corrected chi connectivity index (χ1v) is 4.25. The van der Waals surface area contributed by atoms with Gasteiger partial charge in [-0.1, -0.05) is 30.3 Å². The second-order valence-electron chi connectivity index (χ2n) is 3.21. The molecule has 66 valence electrons. The van der Waals surface area contributed by atoms with E-state index in [4.69, 9.17) is 11.5 Å². The van der Waals surface area contributed by atoms with Crippen molar-refractivity contribution in [3.05, 3.63) is 35.9 Å². The minimum atomic E-state index is 0.0604. The van der Waals surface area contributed by atoms with E-state index in [1.54, 1.807) is 0 Å². The Morgan fingerprint density at radius 3 is 2.25 bits per heavy atom. The van der Waals surface area contributed by atoms with Crippen LogP contribution in [-0.4, -0.2) is 12.1 Å². The van der Waals surface area contributed by atoms with Gasteiger partial charge in [0.05, 0.1) is 0 Å². The molecular formula is C10H16N2. The molecule has 2 heteroatoms. The van der Waals surface area contributed by atoms with Crippen molar-refractivity contribution in [3.8, 4) is 0 Å². The molecule has 2 unspecified atom stereocenters. The molecule has 0 amide bonds. The molecule has 1 aromatic rings. The van der Waals surface area contributed by atoms with Crippen LogP contribution >= 0.6 is 0 Å². The summed E-state index contributed by atoms with van der Waals surface area (Å²) < 4.78 is 0. The van der Waals surface area contributed by atoms with Crippen molar-refractivity contribution in [1.82, 2.24) is 0 Å². The van der Waals surface area contributed by atoms with E-state index in [0.29, 0.717) is 0 Å².